The van der Waals surface area contributed by atoms with Crippen LogP contribution in [0, 0.1) is 11.8 Å². The normalized spacial score (nSPS) is 14.0. The molecule has 0 bridgehead atoms. The minimum Gasteiger partial charge on any atom is -0.462 e. The lowest BCUT2D eigenvalue weighted by Gasteiger charge is -2.21. The highest BCUT2D eigenvalue weighted by Gasteiger charge is 2.30. The molecule has 0 aliphatic rings. The van der Waals surface area contributed by atoms with E-state index in [0.29, 0.717) is 25.7 Å². The van der Waals surface area contributed by atoms with Gasteiger partial charge in [-0.05, 0) is 37.5 Å². The van der Waals surface area contributed by atoms with Crippen LogP contribution in [-0.4, -0.2) is 96.7 Å². The summed E-state index contributed by atoms with van der Waals surface area (Å²) in [4.78, 5) is 72.8. The number of esters is 4. The maximum absolute atomic E-state index is 13.1. The lowest BCUT2D eigenvalue weighted by atomic mass is 10.0. The van der Waals surface area contributed by atoms with E-state index in [1.54, 1.807) is 0 Å². The van der Waals surface area contributed by atoms with E-state index in [4.69, 9.17) is 37.0 Å². The third kappa shape index (κ3) is 72.2. The molecule has 17 nitrogen and oxygen atoms in total. The van der Waals surface area contributed by atoms with Gasteiger partial charge in [0.05, 0.1) is 26.4 Å². The Morgan fingerprint density at radius 2 is 0.474 bits per heavy atom. The number of carbonyl (C=O) groups excluding carboxylic acids is 4. The van der Waals surface area contributed by atoms with Crippen LogP contribution in [0.25, 0.3) is 0 Å². The Kier molecular flexibility index (Phi) is 68.4. The average molecular weight is 1420 g/mol. The second kappa shape index (κ2) is 69.8. The number of aliphatic hydroxyl groups excluding tert-OH is 1. The highest BCUT2D eigenvalue weighted by Crippen LogP contribution is 2.45. The molecule has 0 spiro atoms. The molecule has 0 aliphatic carbocycles. The minimum atomic E-state index is -4.96. The van der Waals surface area contributed by atoms with Crippen molar-refractivity contribution >= 4 is 39.5 Å². The minimum absolute atomic E-state index is 0.107. The number of carbonyl (C=O) groups is 4. The van der Waals surface area contributed by atoms with Gasteiger partial charge in [0.15, 0.2) is 12.2 Å². The van der Waals surface area contributed by atoms with E-state index in [2.05, 4.69) is 41.5 Å². The fourth-order valence-electron chi connectivity index (χ4n) is 12.0. The third-order valence-corrected chi connectivity index (χ3v) is 20.1. The van der Waals surface area contributed by atoms with Crippen LogP contribution in [0.5, 0.6) is 0 Å². The van der Waals surface area contributed by atoms with Gasteiger partial charge in [-0.15, -0.1) is 0 Å². The molecule has 0 rings (SSSR count). The molecule has 5 atom stereocenters. The maximum atomic E-state index is 13.1. The van der Waals surface area contributed by atoms with Gasteiger partial charge >= 0.3 is 39.5 Å². The van der Waals surface area contributed by atoms with Crippen molar-refractivity contribution in [2.24, 2.45) is 11.8 Å². The van der Waals surface area contributed by atoms with E-state index in [-0.39, 0.29) is 25.7 Å². The fourth-order valence-corrected chi connectivity index (χ4v) is 13.6. The summed E-state index contributed by atoms with van der Waals surface area (Å²) in [7, 11) is -9.91. The van der Waals surface area contributed by atoms with Gasteiger partial charge in [0, 0.05) is 25.7 Å². The Morgan fingerprint density at radius 3 is 0.701 bits per heavy atom. The Balaban J connectivity index is 5.18. The van der Waals surface area contributed by atoms with Gasteiger partial charge < -0.3 is 33.8 Å². The van der Waals surface area contributed by atoms with Crippen molar-refractivity contribution in [1.82, 2.24) is 0 Å². The van der Waals surface area contributed by atoms with Crippen molar-refractivity contribution in [1.29, 1.82) is 0 Å². The van der Waals surface area contributed by atoms with Gasteiger partial charge in [-0.25, -0.2) is 9.13 Å². The second-order valence-electron chi connectivity index (χ2n) is 29.1. The van der Waals surface area contributed by atoms with Crippen LogP contribution in [0.1, 0.15) is 408 Å². The number of phosphoric acid groups is 2. The SMILES string of the molecule is CCCCCCCCCCCCC(=O)O[C@H](COC(=O)CCCCCCCCCCC)COP(=O)(O)OC[C@H](O)COP(=O)(O)OC[C@@H](COC(=O)CCCCCCCCCCCCCCCCC(C)C)OC(=O)CCCCCCCCCCCCCCCCCCCCC(C)C. The van der Waals surface area contributed by atoms with Crippen molar-refractivity contribution in [2.75, 3.05) is 39.6 Å². The van der Waals surface area contributed by atoms with Crippen molar-refractivity contribution in [3.63, 3.8) is 0 Å². The largest absolute Gasteiger partial charge is 0.472 e. The quantitative estimate of drug-likeness (QED) is 0.0222. The molecular formula is C78H152O17P2. The van der Waals surface area contributed by atoms with Crippen LogP contribution >= 0.6 is 15.6 Å². The zero-order valence-electron chi connectivity index (χ0n) is 63.4. The molecule has 0 heterocycles. The smallest absolute Gasteiger partial charge is 0.462 e. The maximum Gasteiger partial charge on any atom is 0.472 e. The molecule has 0 aromatic carbocycles. The number of unbranched alkanes of at least 4 members (excludes halogenated alkanes) is 47. The summed E-state index contributed by atoms with van der Waals surface area (Å²) in [6.45, 7) is 9.64. The Labute approximate surface area is 594 Å². The summed E-state index contributed by atoms with van der Waals surface area (Å²) in [5, 5.41) is 10.6. The molecule has 576 valence electrons. The Morgan fingerprint density at radius 1 is 0.278 bits per heavy atom. The third-order valence-electron chi connectivity index (χ3n) is 18.2. The molecule has 0 aliphatic heterocycles. The van der Waals surface area contributed by atoms with E-state index >= 15 is 0 Å². The molecule has 0 fully saturated rings. The molecule has 2 unspecified atom stereocenters. The molecule has 0 amide bonds. The van der Waals surface area contributed by atoms with Gasteiger partial charge in [0.25, 0.3) is 0 Å². The Hall–Kier alpha value is -1.94. The highest BCUT2D eigenvalue weighted by molar-refractivity contribution is 7.47. The van der Waals surface area contributed by atoms with E-state index in [1.165, 1.54) is 225 Å². The van der Waals surface area contributed by atoms with Gasteiger partial charge in [-0.3, -0.25) is 37.3 Å². The van der Waals surface area contributed by atoms with Gasteiger partial charge in [-0.1, -0.05) is 356 Å². The van der Waals surface area contributed by atoms with Crippen molar-refractivity contribution in [3.8, 4) is 0 Å². The summed E-state index contributed by atoms with van der Waals surface area (Å²) >= 11 is 0. The lowest BCUT2D eigenvalue weighted by Crippen LogP contribution is -2.30. The molecular weight excluding hydrogens is 1270 g/mol. The molecule has 0 aromatic heterocycles. The first kappa shape index (κ1) is 95.1. The van der Waals surface area contributed by atoms with E-state index in [1.807, 2.05) is 0 Å². The summed E-state index contributed by atoms with van der Waals surface area (Å²) in [6.07, 6.45) is 58.3. The molecule has 19 heteroatoms. The summed E-state index contributed by atoms with van der Waals surface area (Å²) in [6, 6.07) is 0. The first-order chi connectivity index (χ1) is 46.9. The number of rotatable bonds is 77. The first-order valence-corrected chi connectivity index (χ1v) is 43.5. The summed E-state index contributed by atoms with van der Waals surface area (Å²) < 4.78 is 68.5. The molecule has 0 radical (unpaired) electrons. The van der Waals surface area contributed by atoms with Crippen molar-refractivity contribution in [3.05, 3.63) is 0 Å². The van der Waals surface area contributed by atoms with Crippen LogP contribution in [0.15, 0.2) is 0 Å². The molecule has 0 saturated heterocycles. The predicted octanol–water partition coefficient (Wildman–Crippen LogP) is 23.1. The predicted molar refractivity (Wildman–Crippen MR) is 395 cm³/mol. The molecule has 97 heavy (non-hydrogen) atoms. The lowest BCUT2D eigenvalue weighted by molar-refractivity contribution is -0.161. The molecule has 0 aromatic rings. The van der Waals surface area contributed by atoms with E-state index < -0.39 is 97.5 Å². The van der Waals surface area contributed by atoms with Crippen LogP contribution in [0.4, 0.5) is 0 Å². The number of phosphoric ester groups is 2. The fraction of sp³-hybridized carbons (Fsp3) is 0.949. The number of ether oxygens (including phenoxy) is 4. The average Bonchev–Trinajstić information content (AvgIpc) is 1.98. The highest BCUT2D eigenvalue weighted by atomic mass is 31.2. The van der Waals surface area contributed by atoms with Crippen molar-refractivity contribution in [2.45, 2.75) is 426 Å². The van der Waals surface area contributed by atoms with Gasteiger partial charge in [-0.2, -0.15) is 0 Å². The van der Waals surface area contributed by atoms with Crippen LogP contribution < -0.4 is 0 Å². The standard InChI is InChI=1S/C78H152O17P2/c1-7-9-11-13-15-17-37-44-50-56-62-77(82)94-73(66-88-75(80)60-54-48-42-34-16-14-12-10-8-2)68-92-96(84,85)90-64-72(79)65-91-97(86,87)93-69-74(67-89-76(81)61-55-49-43-38-32-28-25-24-27-31-36-41-47-53-59-71(5)6)95-78(83)63-57-51-45-39-33-29-23-21-19-18-20-22-26-30-35-40-46-52-58-70(3)4/h70-74,79H,7-69H2,1-6H3,(H,84,85)(H,86,87)/t72-,73+,74+/m0/s1. The summed E-state index contributed by atoms with van der Waals surface area (Å²) in [5.41, 5.74) is 0. The van der Waals surface area contributed by atoms with E-state index in [0.717, 1.165) is 102 Å². The first-order valence-electron chi connectivity index (χ1n) is 40.5. The zero-order chi connectivity index (χ0) is 71.4. The molecule has 3 N–H and O–H groups in total. The monoisotopic (exact) mass is 1420 g/mol. The van der Waals surface area contributed by atoms with Gasteiger partial charge in [0.1, 0.15) is 19.3 Å². The topological polar surface area (TPSA) is 237 Å². The van der Waals surface area contributed by atoms with Crippen LogP contribution in [0.3, 0.4) is 0 Å². The van der Waals surface area contributed by atoms with E-state index in [9.17, 15) is 43.2 Å². The number of aliphatic hydroxyl groups is 1. The van der Waals surface area contributed by atoms with Crippen LogP contribution in [0.2, 0.25) is 0 Å². The Bertz CT molecular complexity index is 1870. The molecule has 0 saturated carbocycles. The number of hydrogen-bond donors (Lipinski definition) is 3. The van der Waals surface area contributed by atoms with Gasteiger partial charge in [0.2, 0.25) is 0 Å². The van der Waals surface area contributed by atoms with Crippen LogP contribution in [-0.2, 0) is 65.4 Å². The number of hydrogen-bond acceptors (Lipinski definition) is 15. The summed E-state index contributed by atoms with van der Waals surface area (Å²) in [5.74, 6) is -0.495. The second-order valence-corrected chi connectivity index (χ2v) is 32.0. The zero-order valence-corrected chi connectivity index (χ0v) is 65.2. The van der Waals surface area contributed by atoms with Crippen molar-refractivity contribution < 1.29 is 80.2 Å².